The molecule has 0 aliphatic carbocycles. The highest BCUT2D eigenvalue weighted by molar-refractivity contribution is 7.15. The molecule has 10 nitrogen and oxygen atoms in total. The molecule has 1 aliphatic rings. The second-order valence-electron chi connectivity index (χ2n) is 9.02. The van der Waals surface area contributed by atoms with Gasteiger partial charge in [0, 0.05) is 27.4 Å². The molecule has 3 N–H and O–H groups in total. The summed E-state index contributed by atoms with van der Waals surface area (Å²) in [7, 11) is 1.52. The Hall–Kier alpha value is -4.22. The fourth-order valence-corrected chi connectivity index (χ4v) is 5.89. The van der Waals surface area contributed by atoms with Crippen LogP contribution < -0.4 is 15.4 Å². The minimum atomic E-state index is -0.984. The Morgan fingerprint density at radius 2 is 1.93 bits per heavy atom. The molecule has 2 amide bonds. The van der Waals surface area contributed by atoms with Crippen LogP contribution in [0.1, 0.15) is 53.5 Å². The molecule has 40 heavy (non-hydrogen) atoms. The Morgan fingerprint density at radius 1 is 1.15 bits per heavy atom. The van der Waals surface area contributed by atoms with Gasteiger partial charge in [0.1, 0.15) is 17.3 Å². The predicted molar refractivity (Wildman–Crippen MR) is 154 cm³/mol. The van der Waals surface area contributed by atoms with E-state index >= 15 is 0 Å². The number of nitrogens with one attached hydrogen (secondary N) is 2. The molecule has 2 aromatic heterocycles. The Kier molecular flexibility index (Phi) is 8.13. The molecule has 0 saturated carbocycles. The van der Waals surface area contributed by atoms with Crippen molar-refractivity contribution in [2.75, 3.05) is 12.4 Å². The molecule has 1 atom stereocenters. The maximum absolute atomic E-state index is 13.1. The quantitative estimate of drug-likeness (QED) is 0.236. The molecule has 4 aromatic rings. The van der Waals surface area contributed by atoms with Crippen LogP contribution in [0.5, 0.6) is 5.75 Å². The molecule has 5 rings (SSSR count). The van der Waals surface area contributed by atoms with Crippen molar-refractivity contribution in [2.24, 2.45) is 4.99 Å². The summed E-state index contributed by atoms with van der Waals surface area (Å²) in [6.45, 7) is 2.31. The van der Waals surface area contributed by atoms with Crippen LogP contribution in [0.25, 0.3) is 5.00 Å². The van der Waals surface area contributed by atoms with E-state index in [4.69, 9.17) is 21.3 Å². The maximum Gasteiger partial charge on any atom is 0.319 e. The summed E-state index contributed by atoms with van der Waals surface area (Å²) in [4.78, 5) is 30.7. The highest BCUT2D eigenvalue weighted by Gasteiger charge is 2.30. The van der Waals surface area contributed by atoms with Gasteiger partial charge in [0.15, 0.2) is 11.6 Å². The van der Waals surface area contributed by atoms with Crippen LogP contribution in [0.15, 0.2) is 59.6 Å². The third-order valence-corrected chi connectivity index (χ3v) is 8.05. The summed E-state index contributed by atoms with van der Waals surface area (Å²) < 4.78 is 7.22. The van der Waals surface area contributed by atoms with Crippen molar-refractivity contribution in [2.45, 2.75) is 38.8 Å². The molecule has 0 spiro atoms. The first-order chi connectivity index (χ1) is 19.4. The molecule has 2 aromatic carbocycles. The fraction of sp³-hybridized carbons (Fsp3) is 0.250. The number of thiophene rings is 1. The number of aryl methyl sites for hydroxylation is 1. The van der Waals surface area contributed by atoms with E-state index in [1.54, 1.807) is 35.6 Å². The van der Waals surface area contributed by atoms with E-state index in [2.05, 4.69) is 33.8 Å². The number of carboxylic acid groups (broad SMARTS) is 1. The number of aromatic nitrogens is 3. The van der Waals surface area contributed by atoms with Gasteiger partial charge in [-0.15, -0.1) is 21.5 Å². The average Bonchev–Trinajstić information content (AvgIpc) is 3.53. The van der Waals surface area contributed by atoms with Crippen molar-refractivity contribution in [3.05, 3.63) is 87.3 Å². The number of hydrogen-bond donors (Lipinski definition) is 3. The summed E-state index contributed by atoms with van der Waals surface area (Å²) >= 11 is 8.15. The summed E-state index contributed by atoms with van der Waals surface area (Å²) in [6.07, 6.45) is 0.731. The minimum absolute atomic E-state index is 0.104. The highest BCUT2D eigenvalue weighted by Crippen LogP contribution is 2.36. The summed E-state index contributed by atoms with van der Waals surface area (Å²) in [6, 6.07) is 15.4. The molecule has 12 heteroatoms. The van der Waals surface area contributed by atoms with Crippen molar-refractivity contribution >= 4 is 46.3 Å². The molecule has 0 unspecified atom stereocenters. The zero-order valence-electron chi connectivity index (χ0n) is 21.8. The first-order valence-corrected chi connectivity index (χ1v) is 13.9. The van der Waals surface area contributed by atoms with Crippen LogP contribution in [0.4, 0.5) is 10.5 Å². The number of aliphatic imine (C=N–C) groups is 1. The largest absolute Gasteiger partial charge is 0.495 e. The van der Waals surface area contributed by atoms with Gasteiger partial charge in [0.2, 0.25) is 0 Å². The number of rotatable bonds is 9. The zero-order valence-corrected chi connectivity index (χ0v) is 23.4. The van der Waals surface area contributed by atoms with Gasteiger partial charge in [0.25, 0.3) is 0 Å². The summed E-state index contributed by atoms with van der Waals surface area (Å²) in [5, 5.41) is 25.4. The third kappa shape index (κ3) is 5.56. The van der Waals surface area contributed by atoms with Crippen LogP contribution in [-0.2, 0) is 17.8 Å². The number of urea groups is 1. The van der Waals surface area contributed by atoms with E-state index in [1.807, 2.05) is 28.8 Å². The van der Waals surface area contributed by atoms with Crippen molar-refractivity contribution in [3.63, 3.8) is 0 Å². The number of methoxy groups -OCH3 is 1. The first-order valence-electron chi connectivity index (χ1n) is 12.7. The minimum Gasteiger partial charge on any atom is -0.495 e. The zero-order chi connectivity index (χ0) is 28.2. The number of para-hydroxylation sites is 2. The lowest BCUT2D eigenvalue weighted by molar-refractivity contribution is -0.137. The molecule has 0 saturated heterocycles. The number of benzene rings is 2. The molecule has 0 fully saturated rings. The molecular formula is C28H27ClN6O4S. The predicted octanol–water partition coefficient (Wildman–Crippen LogP) is 5.63. The number of ether oxygens (including phenoxy) is 1. The highest BCUT2D eigenvalue weighted by atomic mass is 35.5. The van der Waals surface area contributed by atoms with Crippen LogP contribution in [-0.4, -0.2) is 44.7 Å². The smallest absolute Gasteiger partial charge is 0.319 e. The number of anilines is 1. The van der Waals surface area contributed by atoms with E-state index in [9.17, 15) is 14.7 Å². The first kappa shape index (κ1) is 27.4. The van der Waals surface area contributed by atoms with Gasteiger partial charge in [-0.2, -0.15) is 0 Å². The van der Waals surface area contributed by atoms with Gasteiger partial charge in [-0.05, 0) is 37.1 Å². The normalized spacial score (nSPS) is 12.9. The number of hydrogen-bond acceptors (Lipinski definition) is 7. The van der Waals surface area contributed by atoms with E-state index < -0.39 is 18.0 Å². The lowest BCUT2D eigenvalue weighted by Gasteiger charge is -2.20. The Balaban J connectivity index is 1.54. The van der Waals surface area contributed by atoms with Gasteiger partial charge in [0.05, 0.1) is 24.6 Å². The number of fused-ring (bicyclic) bond motifs is 3. The Labute approximate surface area is 239 Å². The maximum atomic E-state index is 13.1. The molecule has 0 radical (unpaired) electrons. The van der Waals surface area contributed by atoms with Crippen LogP contribution in [0, 0.1) is 0 Å². The fourth-order valence-electron chi connectivity index (χ4n) is 4.54. The molecule has 206 valence electrons. The standard InChI is InChI=1S/C28H27ClN6O4S/c1-3-16-14-18-25(17-8-4-5-9-19(17)29)30-15-23-33-34-26(35(23)27(18)40-16)21(12-13-24(36)37)32-28(38)31-20-10-6-7-11-22(20)39-2/h4-11,14,21H,3,12-13,15H2,1-2H3,(H,36,37)(H2,31,32,38)/t21-/m1/s1. The van der Waals surface area contributed by atoms with Crippen LogP contribution >= 0.6 is 22.9 Å². The topological polar surface area (TPSA) is 131 Å². The van der Waals surface area contributed by atoms with Crippen molar-refractivity contribution in [1.82, 2.24) is 20.1 Å². The molecule has 1 aliphatic heterocycles. The van der Waals surface area contributed by atoms with E-state index in [1.165, 1.54) is 7.11 Å². The lowest BCUT2D eigenvalue weighted by Crippen LogP contribution is -2.34. The van der Waals surface area contributed by atoms with Crippen molar-refractivity contribution in [3.8, 4) is 10.8 Å². The third-order valence-electron chi connectivity index (χ3n) is 6.45. The summed E-state index contributed by atoms with van der Waals surface area (Å²) in [5.41, 5.74) is 2.91. The lowest BCUT2D eigenvalue weighted by atomic mass is 10.0. The monoisotopic (exact) mass is 578 g/mol. The second kappa shape index (κ2) is 11.9. The van der Waals surface area contributed by atoms with Gasteiger partial charge in [-0.25, -0.2) is 4.79 Å². The van der Waals surface area contributed by atoms with Gasteiger partial charge >= 0.3 is 12.0 Å². The molecular weight excluding hydrogens is 552 g/mol. The summed E-state index contributed by atoms with van der Waals surface area (Å²) in [5.74, 6) is 0.514. The van der Waals surface area contributed by atoms with E-state index in [-0.39, 0.29) is 19.4 Å². The number of aliphatic carboxylic acids is 1. The number of halogens is 1. The molecule has 3 heterocycles. The van der Waals surface area contributed by atoms with E-state index in [0.717, 1.165) is 33.1 Å². The number of carbonyl (C=O) groups excluding carboxylic acids is 1. The number of amides is 2. The molecule has 0 bridgehead atoms. The number of nitrogens with zero attached hydrogens (tertiary/aromatic N) is 4. The SMILES string of the molecule is CCc1cc2c(s1)-n1c(nnc1[C@@H](CCC(=O)O)NC(=O)Nc1ccccc1OC)CN=C2c1ccccc1Cl. The number of carboxylic acids is 1. The van der Waals surface area contributed by atoms with Crippen molar-refractivity contribution in [1.29, 1.82) is 0 Å². The average molecular weight is 579 g/mol. The van der Waals surface area contributed by atoms with Crippen molar-refractivity contribution < 1.29 is 19.4 Å². The Bertz CT molecular complexity index is 1600. The van der Waals surface area contributed by atoms with Crippen LogP contribution in [0.3, 0.4) is 0 Å². The van der Waals surface area contributed by atoms with Crippen LogP contribution in [0.2, 0.25) is 5.02 Å². The van der Waals surface area contributed by atoms with Gasteiger partial charge in [-0.3, -0.25) is 14.4 Å². The van der Waals surface area contributed by atoms with E-state index in [0.29, 0.717) is 28.1 Å². The van der Waals surface area contributed by atoms with Gasteiger partial charge in [-0.1, -0.05) is 48.9 Å². The second-order valence-corrected chi connectivity index (χ2v) is 10.5. The Morgan fingerprint density at radius 3 is 2.67 bits per heavy atom. The number of carbonyl (C=O) groups is 2. The van der Waals surface area contributed by atoms with Gasteiger partial charge < -0.3 is 20.5 Å².